The fraction of sp³-hybridized carbons (Fsp3) is 0.395. The van der Waals surface area contributed by atoms with Crippen molar-refractivity contribution in [1.82, 2.24) is 10.2 Å². The number of amides is 3. The predicted molar refractivity (Wildman–Crippen MR) is 182 cm³/mol. The van der Waals surface area contributed by atoms with Crippen LogP contribution in [0, 0.1) is 19.3 Å². The highest BCUT2D eigenvalue weighted by molar-refractivity contribution is 5.99. The standard InChI is InChI=1S/C38H47N3O5/c1-7-9-10-11-16-25-41(36(44)33(40-37(45)46-38(4,5)6)26-28-21-23-30(42)24-22-28)34(31-19-14-13-18-29(31)8-2)35(43)39-32-20-15-12-17-27(32)3/h2,12-15,17-24,33-34,42H,7,9-11,16,25-26H2,1,3-6H3,(H,39,43)(H,40,45). The minimum absolute atomic E-state index is 0.0827. The number of nitrogens with one attached hydrogen (secondary N) is 2. The quantitative estimate of drug-likeness (QED) is 0.129. The maximum atomic E-state index is 14.7. The van der Waals surface area contributed by atoms with E-state index in [9.17, 15) is 19.5 Å². The largest absolute Gasteiger partial charge is 0.508 e. The van der Waals surface area contributed by atoms with Crippen molar-refractivity contribution in [3.05, 3.63) is 95.1 Å². The topological polar surface area (TPSA) is 108 Å². The molecule has 46 heavy (non-hydrogen) atoms. The molecule has 2 atom stereocenters. The zero-order valence-electron chi connectivity index (χ0n) is 27.6. The minimum atomic E-state index is -1.09. The number of aryl methyl sites for hydroxylation is 1. The average molecular weight is 626 g/mol. The number of unbranched alkanes of at least 4 members (excludes halogenated alkanes) is 4. The Balaban J connectivity index is 2.12. The SMILES string of the molecule is C#Cc1ccccc1C(C(=O)Nc1ccccc1C)N(CCCCCCC)C(=O)C(Cc1ccc(O)cc1)NC(=O)OC(C)(C)C. The lowest BCUT2D eigenvalue weighted by molar-refractivity contribution is -0.140. The summed E-state index contributed by atoms with van der Waals surface area (Å²) in [6.07, 6.45) is 9.90. The molecule has 0 bridgehead atoms. The number of carbonyl (C=O) groups excluding carboxylic acids is 3. The summed E-state index contributed by atoms with van der Waals surface area (Å²) >= 11 is 0. The second-order valence-corrected chi connectivity index (χ2v) is 12.5. The number of aromatic hydroxyl groups is 1. The lowest BCUT2D eigenvalue weighted by Crippen LogP contribution is -2.53. The number of carbonyl (C=O) groups is 3. The van der Waals surface area contributed by atoms with Gasteiger partial charge in [-0.25, -0.2) is 4.79 Å². The number of para-hydroxylation sites is 1. The number of anilines is 1. The van der Waals surface area contributed by atoms with Gasteiger partial charge in [0.25, 0.3) is 5.91 Å². The van der Waals surface area contributed by atoms with Crippen molar-refractivity contribution in [1.29, 1.82) is 0 Å². The van der Waals surface area contributed by atoms with Crippen molar-refractivity contribution in [2.45, 2.75) is 90.8 Å². The van der Waals surface area contributed by atoms with Crippen LogP contribution >= 0.6 is 0 Å². The molecule has 8 nitrogen and oxygen atoms in total. The van der Waals surface area contributed by atoms with Crippen LogP contribution in [0.15, 0.2) is 72.8 Å². The van der Waals surface area contributed by atoms with E-state index in [1.807, 2.05) is 31.2 Å². The number of phenols is 1. The summed E-state index contributed by atoms with van der Waals surface area (Å²) in [5, 5.41) is 15.6. The van der Waals surface area contributed by atoms with E-state index >= 15 is 0 Å². The van der Waals surface area contributed by atoms with Crippen LogP contribution in [-0.4, -0.2) is 46.1 Å². The zero-order valence-corrected chi connectivity index (χ0v) is 27.6. The fourth-order valence-electron chi connectivity index (χ4n) is 5.20. The molecule has 3 amide bonds. The van der Waals surface area contributed by atoms with Crippen molar-refractivity contribution >= 4 is 23.6 Å². The van der Waals surface area contributed by atoms with Gasteiger partial charge in [-0.05, 0) is 75.1 Å². The lowest BCUT2D eigenvalue weighted by Gasteiger charge is -2.35. The van der Waals surface area contributed by atoms with E-state index in [0.717, 1.165) is 31.2 Å². The van der Waals surface area contributed by atoms with Gasteiger partial charge in [0.05, 0.1) is 0 Å². The molecule has 0 heterocycles. The highest BCUT2D eigenvalue weighted by atomic mass is 16.6. The molecule has 3 aromatic carbocycles. The summed E-state index contributed by atoms with van der Waals surface area (Å²) in [7, 11) is 0. The van der Waals surface area contributed by atoms with E-state index in [0.29, 0.717) is 28.8 Å². The molecule has 0 saturated carbocycles. The maximum absolute atomic E-state index is 14.7. The number of nitrogens with zero attached hydrogens (tertiary/aromatic N) is 1. The first kappa shape index (κ1) is 35.7. The molecule has 0 fully saturated rings. The number of benzene rings is 3. The van der Waals surface area contributed by atoms with Gasteiger partial charge in [-0.2, -0.15) is 0 Å². The van der Waals surface area contributed by atoms with Gasteiger partial charge in [0.15, 0.2) is 0 Å². The highest BCUT2D eigenvalue weighted by Gasteiger charge is 2.37. The van der Waals surface area contributed by atoms with E-state index < -0.39 is 35.6 Å². The van der Waals surface area contributed by atoms with Gasteiger partial charge < -0.3 is 25.4 Å². The van der Waals surface area contributed by atoms with Crippen LogP contribution in [0.25, 0.3) is 0 Å². The van der Waals surface area contributed by atoms with Crippen LogP contribution in [0.4, 0.5) is 10.5 Å². The van der Waals surface area contributed by atoms with Gasteiger partial charge in [-0.3, -0.25) is 9.59 Å². The first-order valence-electron chi connectivity index (χ1n) is 15.9. The minimum Gasteiger partial charge on any atom is -0.508 e. The monoisotopic (exact) mass is 625 g/mol. The predicted octanol–water partition coefficient (Wildman–Crippen LogP) is 7.30. The summed E-state index contributed by atoms with van der Waals surface area (Å²) < 4.78 is 5.54. The van der Waals surface area contributed by atoms with Crippen molar-refractivity contribution in [2.75, 3.05) is 11.9 Å². The third-order valence-electron chi connectivity index (χ3n) is 7.52. The Kier molecular flexibility index (Phi) is 13.2. The van der Waals surface area contributed by atoms with E-state index in [4.69, 9.17) is 11.2 Å². The summed E-state index contributed by atoms with van der Waals surface area (Å²) in [4.78, 5) is 43.7. The number of rotatable bonds is 14. The molecule has 0 aliphatic rings. The molecule has 8 heteroatoms. The smallest absolute Gasteiger partial charge is 0.408 e. The van der Waals surface area contributed by atoms with Gasteiger partial charge in [0.1, 0.15) is 23.4 Å². The fourth-order valence-corrected chi connectivity index (χ4v) is 5.20. The van der Waals surface area contributed by atoms with Gasteiger partial charge in [0.2, 0.25) is 5.91 Å². The van der Waals surface area contributed by atoms with Crippen LogP contribution in [0.5, 0.6) is 5.75 Å². The van der Waals surface area contributed by atoms with Gasteiger partial charge in [-0.15, -0.1) is 6.42 Å². The van der Waals surface area contributed by atoms with Crippen molar-refractivity contribution in [3.63, 3.8) is 0 Å². The summed E-state index contributed by atoms with van der Waals surface area (Å²) in [5.41, 5.74) is 2.41. The summed E-state index contributed by atoms with van der Waals surface area (Å²) in [6, 6.07) is 18.8. The molecule has 3 rings (SSSR count). The number of hydrogen-bond acceptors (Lipinski definition) is 5. The lowest BCUT2D eigenvalue weighted by atomic mass is 9.96. The molecule has 3 aromatic rings. The Hall–Kier alpha value is -4.77. The molecule has 3 N–H and O–H groups in total. The number of terminal acetylenes is 1. The molecule has 0 saturated heterocycles. The van der Waals surface area contributed by atoms with Crippen molar-refractivity contribution in [2.24, 2.45) is 0 Å². The highest BCUT2D eigenvalue weighted by Crippen LogP contribution is 2.29. The number of alkyl carbamates (subject to hydrolysis) is 1. The molecule has 0 radical (unpaired) electrons. The third-order valence-corrected chi connectivity index (χ3v) is 7.52. The average Bonchev–Trinajstić information content (AvgIpc) is 3.01. The van der Waals surface area contributed by atoms with Crippen LogP contribution in [-0.2, 0) is 20.7 Å². The molecule has 0 aromatic heterocycles. The number of hydrogen-bond donors (Lipinski definition) is 3. The van der Waals surface area contributed by atoms with Crippen LogP contribution in [0.2, 0.25) is 0 Å². The Labute approximate surface area is 273 Å². The molecular formula is C38H47N3O5. The summed E-state index contributed by atoms with van der Waals surface area (Å²) in [6.45, 7) is 9.53. The first-order valence-corrected chi connectivity index (χ1v) is 15.9. The Morgan fingerprint density at radius 3 is 2.24 bits per heavy atom. The third kappa shape index (κ3) is 10.7. The van der Waals surface area contributed by atoms with E-state index in [-0.39, 0.29) is 18.7 Å². The van der Waals surface area contributed by atoms with Gasteiger partial charge in [0, 0.05) is 24.2 Å². The molecule has 244 valence electrons. The van der Waals surface area contributed by atoms with Crippen molar-refractivity contribution < 1.29 is 24.2 Å². The second kappa shape index (κ2) is 17.1. The summed E-state index contributed by atoms with van der Waals surface area (Å²) in [5.74, 6) is 1.90. The molecule has 0 spiro atoms. The van der Waals surface area contributed by atoms with Crippen LogP contribution in [0.3, 0.4) is 0 Å². The van der Waals surface area contributed by atoms with Gasteiger partial charge in [-0.1, -0.05) is 87.1 Å². The van der Waals surface area contributed by atoms with E-state index in [2.05, 4.69) is 23.5 Å². The van der Waals surface area contributed by atoms with E-state index in [1.54, 1.807) is 57.2 Å². The molecule has 0 aliphatic heterocycles. The normalized spacial score (nSPS) is 12.3. The molecular weight excluding hydrogens is 578 g/mol. The molecule has 0 aliphatic carbocycles. The molecule has 2 unspecified atom stereocenters. The number of ether oxygens (including phenoxy) is 1. The van der Waals surface area contributed by atoms with Crippen LogP contribution < -0.4 is 10.6 Å². The van der Waals surface area contributed by atoms with Crippen LogP contribution in [0.1, 0.15) is 88.1 Å². The Morgan fingerprint density at radius 2 is 1.59 bits per heavy atom. The number of phenolic OH excluding ortho intramolecular Hbond substituents is 1. The first-order chi connectivity index (χ1) is 21.9. The van der Waals surface area contributed by atoms with E-state index in [1.165, 1.54) is 17.0 Å². The zero-order chi connectivity index (χ0) is 33.7. The Bertz CT molecular complexity index is 1500. The second-order valence-electron chi connectivity index (χ2n) is 12.5. The van der Waals surface area contributed by atoms with Gasteiger partial charge >= 0.3 is 6.09 Å². The Morgan fingerprint density at radius 1 is 0.935 bits per heavy atom. The van der Waals surface area contributed by atoms with Crippen molar-refractivity contribution in [3.8, 4) is 18.1 Å². The maximum Gasteiger partial charge on any atom is 0.408 e.